The first-order valence-corrected chi connectivity index (χ1v) is 14.7. The van der Waals surface area contributed by atoms with E-state index in [0.29, 0.717) is 31.1 Å². The lowest BCUT2D eigenvalue weighted by Crippen LogP contribution is -2.18. The van der Waals surface area contributed by atoms with Gasteiger partial charge in [0, 0.05) is 19.8 Å². The van der Waals surface area contributed by atoms with E-state index in [1.807, 2.05) is 6.07 Å². The molecule has 1 aliphatic heterocycles. The Labute approximate surface area is 233 Å². The van der Waals surface area contributed by atoms with Crippen molar-refractivity contribution in [3.8, 4) is 0 Å². The second kappa shape index (κ2) is 11.0. The highest BCUT2D eigenvalue weighted by Crippen LogP contribution is 2.42. The quantitative estimate of drug-likeness (QED) is 0.244. The molecule has 5 N–H and O–H groups in total. The van der Waals surface area contributed by atoms with Crippen molar-refractivity contribution in [2.24, 2.45) is 0 Å². The number of halogens is 3. The van der Waals surface area contributed by atoms with Gasteiger partial charge in [0.2, 0.25) is 5.95 Å². The van der Waals surface area contributed by atoms with E-state index in [-0.39, 0.29) is 40.9 Å². The van der Waals surface area contributed by atoms with Crippen LogP contribution in [0.2, 0.25) is 0 Å². The summed E-state index contributed by atoms with van der Waals surface area (Å²) in [5.41, 5.74) is 1.49. The van der Waals surface area contributed by atoms with E-state index in [4.69, 9.17) is 9.79 Å². The Morgan fingerprint density at radius 1 is 1.05 bits per heavy atom. The first kappa shape index (κ1) is 28.9. The van der Waals surface area contributed by atoms with E-state index < -0.39 is 31.3 Å². The summed E-state index contributed by atoms with van der Waals surface area (Å²) in [5.74, 6) is -0.924. The molecule has 1 aromatic carbocycles. The summed E-state index contributed by atoms with van der Waals surface area (Å²) in [6.07, 6.45) is -1.00. The Morgan fingerprint density at radius 2 is 1.78 bits per heavy atom. The van der Waals surface area contributed by atoms with Crippen LogP contribution in [0.25, 0.3) is 0 Å². The summed E-state index contributed by atoms with van der Waals surface area (Å²) in [5, 5.41) is 15.4. The number of pyridine rings is 1. The minimum atomic E-state index is -4.79. The van der Waals surface area contributed by atoms with Gasteiger partial charge in [0.05, 0.1) is 41.1 Å². The molecule has 0 bridgehead atoms. The fraction of sp³-hybridized carbons (Fsp3) is 0.385. The highest BCUT2D eigenvalue weighted by Gasteiger charge is 2.37. The van der Waals surface area contributed by atoms with Crippen molar-refractivity contribution < 1.29 is 37.4 Å². The van der Waals surface area contributed by atoms with E-state index in [9.17, 15) is 27.6 Å². The minimum Gasteiger partial charge on any atom is -0.393 e. The fourth-order valence-corrected chi connectivity index (χ4v) is 5.87. The van der Waals surface area contributed by atoms with Crippen LogP contribution in [0.5, 0.6) is 0 Å². The lowest BCUT2D eigenvalue weighted by Gasteiger charge is -2.27. The van der Waals surface area contributed by atoms with Crippen LogP contribution in [0.4, 0.5) is 36.3 Å². The molecule has 3 aromatic rings. The average Bonchev–Trinajstić information content (AvgIpc) is 3.19. The number of aliphatic hydroxyl groups is 1. The second-order valence-corrected chi connectivity index (χ2v) is 11.9. The second-order valence-electron chi connectivity index (χ2n) is 10.3. The fourth-order valence-electron chi connectivity index (χ4n) is 5.26. The van der Waals surface area contributed by atoms with E-state index in [1.54, 1.807) is 13.1 Å². The first-order valence-electron chi connectivity index (χ1n) is 12.9. The summed E-state index contributed by atoms with van der Waals surface area (Å²) in [7, 11) is -2.69. The predicted molar refractivity (Wildman–Crippen MR) is 143 cm³/mol. The zero-order chi connectivity index (χ0) is 29.5. The molecule has 15 heteroatoms. The van der Waals surface area contributed by atoms with Gasteiger partial charge in [-0.15, -0.1) is 0 Å². The number of rotatable bonds is 7. The number of benzene rings is 1. The Bertz CT molecular complexity index is 1510. The number of hydrogen-bond donors (Lipinski definition) is 5. The maximum Gasteiger partial charge on any atom is 0.421 e. The van der Waals surface area contributed by atoms with Crippen molar-refractivity contribution in [2.45, 2.75) is 56.6 Å². The summed E-state index contributed by atoms with van der Waals surface area (Å²) in [4.78, 5) is 44.6. The van der Waals surface area contributed by atoms with Gasteiger partial charge in [0.1, 0.15) is 11.4 Å². The molecule has 0 atom stereocenters. The number of nitrogens with zero attached hydrogens (tertiary/aromatic N) is 4. The third-order valence-corrected chi connectivity index (χ3v) is 7.97. The highest BCUT2D eigenvalue weighted by atomic mass is 31.2. The molecule has 1 aliphatic carbocycles. The molecule has 0 spiro atoms. The molecule has 41 heavy (non-hydrogen) atoms. The molecule has 11 nitrogen and oxygen atoms in total. The van der Waals surface area contributed by atoms with Crippen molar-refractivity contribution in [1.29, 1.82) is 0 Å². The highest BCUT2D eigenvalue weighted by molar-refractivity contribution is 7.50. The Kier molecular flexibility index (Phi) is 7.77. The average molecular weight is 593 g/mol. The maximum absolute atomic E-state index is 13.9. The van der Waals surface area contributed by atoms with E-state index in [0.717, 1.165) is 24.0 Å². The molecule has 5 rings (SSSR count). The van der Waals surface area contributed by atoms with Gasteiger partial charge < -0.3 is 30.4 Å². The first-order chi connectivity index (χ1) is 19.3. The number of nitrogens with one attached hydrogen (secondary N) is 2. The molecule has 2 aliphatic rings. The van der Waals surface area contributed by atoms with Gasteiger partial charge in [-0.2, -0.15) is 18.2 Å². The number of amides is 1. The zero-order valence-corrected chi connectivity index (χ0v) is 22.8. The SMILES string of the molecule is CN1Cc2c(c(Nc3nc(Nc4ccc(CP(=O)(O)O)nc4)ncc3C(F)(F)F)ccc2[C@H]2CC[C@H](O)CC2)C1=O. The molecule has 0 unspecified atom stereocenters. The Hall–Kier alpha value is -3.58. The topological polar surface area (TPSA) is 161 Å². The number of aliphatic hydroxyl groups excluding tert-OH is 1. The molecule has 0 saturated heterocycles. The third-order valence-electron chi connectivity index (χ3n) is 7.24. The number of fused-ring (bicyclic) bond motifs is 1. The van der Waals surface area contributed by atoms with Crippen molar-refractivity contribution >= 4 is 36.6 Å². The Morgan fingerprint density at radius 3 is 2.41 bits per heavy atom. The van der Waals surface area contributed by atoms with E-state index in [1.165, 1.54) is 23.2 Å². The van der Waals surface area contributed by atoms with Crippen LogP contribution in [-0.2, 0) is 23.4 Å². The number of carbonyl (C=O) groups excluding carboxylic acids is 1. The van der Waals surface area contributed by atoms with Crippen molar-refractivity contribution in [3.05, 3.63) is 64.6 Å². The van der Waals surface area contributed by atoms with Gasteiger partial charge in [-0.1, -0.05) is 6.07 Å². The van der Waals surface area contributed by atoms with Gasteiger partial charge in [-0.3, -0.25) is 14.3 Å². The van der Waals surface area contributed by atoms with E-state index >= 15 is 0 Å². The van der Waals surface area contributed by atoms with Crippen molar-refractivity contribution in [3.63, 3.8) is 0 Å². The zero-order valence-electron chi connectivity index (χ0n) is 21.9. The Balaban J connectivity index is 1.46. The number of alkyl halides is 3. The van der Waals surface area contributed by atoms with Crippen molar-refractivity contribution in [1.82, 2.24) is 19.9 Å². The van der Waals surface area contributed by atoms with Crippen LogP contribution >= 0.6 is 7.60 Å². The van der Waals surface area contributed by atoms with Crippen LogP contribution in [0.3, 0.4) is 0 Å². The summed E-state index contributed by atoms with van der Waals surface area (Å²) < 4.78 is 53.0. The van der Waals surface area contributed by atoms with Gasteiger partial charge in [0.25, 0.3) is 5.91 Å². The summed E-state index contributed by atoms with van der Waals surface area (Å²) in [6, 6.07) is 6.23. The third kappa shape index (κ3) is 6.51. The largest absolute Gasteiger partial charge is 0.421 e. The molecule has 1 saturated carbocycles. The molecule has 218 valence electrons. The molecule has 1 amide bonds. The summed E-state index contributed by atoms with van der Waals surface area (Å²) >= 11 is 0. The normalized spacial score (nSPS) is 19.3. The molecule has 3 heterocycles. The number of anilines is 4. The monoisotopic (exact) mass is 592 g/mol. The standard InChI is InChI=1S/C26H28F3N6O5P/c1-35-12-19-18(14-2-6-17(36)7-3-14)8-9-21(22(19)24(35)37)33-23-20(26(27,28)29)11-31-25(34-23)32-15-4-5-16(30-10-15)13-41(38,39)40/h4-5,8-11,14,17,36H,2-3,6-7,12-13H2,1H3,(H2,38,39,40)(H2,31,32,33,34)/t14-,17-. The minimum absolute atomic E-state index is 0.135. The molecule has 1 fully saturated rings. The molecule has 2 aromatic heterocycles. The molecular weight excluding hydrogens is 564 g/mol. The lowest BCUT2D eigenvalue weighted by atomic mass is 9.80. The van der Waals surface area contributed by atoms with Crippen LogP contribution in [0.15, 0.2) is 36.7 Å². The number of carbonyl (C=O) groups is 1. The van der Waals surface area contributed by atoms with Crippen molar-refractivity contribution in [2.75, 3.05) is 17.7 Å². The number of hydrogen-bond acceptors (Lipinski definition) is 8. The smallest absolute Gasteiger partial charge is 0.393 e. The summed E-state index contributed by atoms with van der Waals surface area (Å²) in [6.45, 7) is 0.325. The van der Waals surface area contributed by atoms with Crippen LogP contribution < -0.4 is 10.6 Å². The van der Waals surface area contributed by atoms with Gasteiger partial charge in [-0.05, 0) is 60.9 Å². The van der Waals surface area contributed by atoms with Crippen LogP contribution in [0, 0.1) is 0 Å². The molecule has 0 radical (unpaired) electrons. The maximum atomic E-state index is 13.9. The van der Waals surface area contributed by atoms with Gasteiger partial charge in [-0.25, -0.2) is 4.98 Å². The van der Waals surface area contributed by atoms with E-state index in [2.05, 4.69) is 25.6 Å². The predicted octanol–water partition coefficient (Wildman–Crippen LogP) is 4.66. The number of aromatic nitrogens is 3. The van der Waals surface area contributed by atoms with Gasteiger partial charge in [0.15, 0.2) is 0 Å². The molecular formula is C26H28F3N6O5P. The lowest BCUT2D eigenvalue weighted by molar-refractivity contribution is -0.137. The van der Waals surface area contributed by atoms with Crippen LogP contribution in [-0.4, -0.2) is 53.8 Å². The van der Waals surface area contributed by atoms with Crippen LogP contribution in [0.1, 0.15) is 64.3 Å². The van der Waals surface area contributed by atoms with Gasteiger partial charge >= 0.3 is 13.8 Å².